The zero-order chi connectivity index (χ0) is 14.0. The first-order valence-electron chi connectivity index (χ1n) is 5.23. The lowest BCUT2D eigenvalue weighted by Crippen LogP contribution is -2.03. The van der Waals surface area contributed by atoms with Crippen molar-refractivity contribution in [1.82, 2.24) is 0 Å². The molecule has 0 atom stereocenters. The minimum atomic E-state index is -1.15. The van der Waals surface area contributed by atoms with Crippen molar-refractivity contribution in [1.29, 1.82) is 0 Å². The van der Waals surface area contributed by atoms with Gasteiger partial charge in [-0.3, -0.25) is 0 Å². The lowest BCUT2D eigenvalue weighted by molar-refractivity contribution is 0.0698. The van der Waals surface area contributed by atoms with Crippen molar-refractivity contribution in [2.24, 2.45) is 0 Å². The van der Waals surface area contributed by atoms with Gasteiger partial charge < -0.3 is 10.4 Å². The van der Waals surface area contributed by atoms with Crippen LogP contribution in [-0.2, 0) is 0 Å². The van der Waals surface area contributed by atoms with Gasteiger partial charge in [-0.1, -0.05) is 29.3 Å². The molecule has 0 amide bonds. The van der Waals surface area contributed by atoms with Crippen LogP contribution in [0.15, 0.2) is 36.4 Å². The van der Waals surface area contributed by atoms with E-state index in [2.05, 4.69) is 5.32 Å². The van der Waals surface area contributed by atoms with Crippen molar-refractivity contribution < 1.29 is 14.3 Å². The monoisotopic (exact) mass is 299 g/mol. The number of halogens is 3. The zero-order valence-electron chi connectivity index (χ0n) is 9.45. The molecule has 0 radical (unpaired) electrons. The van der Waals surface area contributed by atoms with Crippen LogP contribution in [0.4, 0.5) is 15.8 Å². The summed E-state index contributed by atoms with van der Waals surface area (Å²) in [7, 11) is 0. The number of carboxylic acid groups (broad SMARTS) is 1. The van der Waals surface area contributed by atoms with Gasteiger partial charge in [0.2, 0.25) is 0 Å². The lowest BCUT2D eigenvalue weighted by atomic mass is 10.1. The highest BCUT2D eigenvalue weighted by atomic mass is 35.5. The third-order valence-corrected chi connectivity index (χ3v) is 3.03. The Morgan fingerprint density at radius 3 is 2.53 bits per heavy atom. The first kappa shape index (κ1) is 13.6. The van der Waals surface area contributed by atoms with Crippen LogP contribution >= 0.6 is 23.2 Å². The normalized spacial score (nSPS) is 10.3. The Kier molecular flexibility index (Phi) is 3.93. The molecule has 0 saturated heterocycles. The number of aromatic carboxylic acids is 1. The summed E-state index contributed by atoms with van der Waals surface area (Å²) in [5, 5.41) is 12.0. The van der Waals surface area contributed by atoms with Gasteiger partial charge in [0.15, 0.2) is 0 Å². The van der Waals surface area contributed by atoms with Gasteiger partial charge in [0.1, 0.15) is 11.4 Å². The first-order valence-corrected chi connectivity index (χ1v) is 5.98. The zero-order valence-corrected chi connectivity index (χ0v) is 11.0. The van der Waals surface area contributed by atoms with E-state index in [0.717, 1.165) is 0 Å². The Hall–Kier alpha value is -1.78. The maximum Gasteiger partial charge on any atom is 0.339 e. The molecule has 6 heteroatoms. The third-order valence-electron chi connectivity index (χ3n) is 2.43. The van der Waals surface area contributed by atoms with Crippen LogP contribution in [-0.4, -0.2) is 11.1 Å². The van der Waals surface area contributed by atoms with E-state index in [1.807, 2.05) is 0 Å². The number of carboxylic acids is 1. The van der Waals surface area contributed by atoms with E-state index < -0.39 is 11.8 Å². The average Bonchev–Trinajstić information content (AvgIpc) is 2.33. The molecule has 0 saturated carbocycles. The summed E-state index contributed by atoms with van der Waals surface area (Å²) < 4.78 is 13.0. The predicted molar refractivity (Wildman–Crippen MR) is 73.1 cm³/mol. The second-order valence-electron chi connectivity index (χ2n) is 3.72. The van der Waals surface area contributed by atoms with Crippen LogP contribution < -0.4 is 5.32 Å². The molecule has 0 spiro atoms. The summed E-state index contributed by atoms with van der Waals surface area (Å²) in [6, 6.07) is 8.66. The molecular formula is C13H8Cl2FNO2. The number of carbonyl (C=O) groups is 1. The number of nitrogens with one attached hydrogen (secondary N) is 1. The molecular weight excluding hydrogens is 292 g/mol. The van der Waals surface area contributed by atoms with Crippen LogP contribution in [0, 0.1) is 5.82 Å². The Morgan fingerprint density at radius 1 is 1.16 bits per heavy atom. The third kappa shape index (κ3) is 2.97. The number of hydrogen-bond acceptors (Lipinski definition) is 2. The number of hydrogen-bond donors (Lipinski definition) is 2. The summed E-state index contributed by atoms with van der Waals surface area (Å²) in [4.78, 5) is 11.1. The summed E-state index contributed by atoms with van der Waals surface area (Å²) in [6.07, 6.45) is 0. The van der Waals surface area contributed by atoms with Gasteiger partial charge in [0.05, 0.1) is 15.7 Å². The van der Waals surface area contributed by atoms with E-state index in [0.29, 0.717) is 11.4 Å². The van der Waals surface area contributed by atoms with Crippen LogP contribution in [0.25, 0.3) is 0 Å². The molecule has 2 aromatic carbocycles. The highest BCUT2D eigenvalue weighted by Gasteiger charge is 2.14. The summed E-state index contributed by atoms with van der Waals surface area (Å²) in [5.74, 6) is -1.70. The van der Waals surface area contributed by atoms with Crippen molar-refractivity contribution in [2.45, 2.75) is 0 Å². The van der Waals surface area contributed by atoms with Gasteiger partial charge in [-0.25, -0.2) is 9.18 Å². The van der Waals surface area contributed by atoms with Crippen molar-refractivity contribution in [3.63, 3.8) is 0 Å². The van der Waals surface area contributed by atoms with E-state index in [1.165, 1.54) is 24.3 Å². The molecule has 0 aliphatic carbocycles. The predicted octanol–water partition coefficient (Wildman–Crippen LogP) is 4.57. The van der Waals surface area contributed by atoms with E-state index in [4.69, 9.17) is 28.3 Å². The topological polar surface area (TPSA) is 49.3 Å². The molecule has 0 aliphatic rings. The Morgan fingerprint density at radius 2 is 1.89 bits per heavy atom. The SMILES string of the molecule is O=C(O)c1c(Cl)cccc1Nc1ccc(F)c(Cl)c1. The number of anilines is 2. The maximum atomic E-state index is 13.0. The van der Waals surface area contributed by atoms with Crippen LogP contribution in [0.2, 0.25) is 10.0 Å². The highest BCUT2D eigenvalue weighted by molar-refractivity contribution is 6.34. The van der Waals surface area contributed by atoms with Gasteiger partial charge in [0.25, 0.3) is 0 Å². The number of benzene rings is 2. The smallest absolute Gasteiger partial charge is 0.339 e. The Balaban J connectivity index is 2.40. The summed E-state index contributed by atoms with van der Waals surface area (Å²) in [5.41, 5.74) is 0.725. The standard InChI is InChI=1S/C13H8Cl2FNO2/c14-8-2-1-3-11(12(8)13(18)19)17-7-4-5-10(16)9(15)6-7/h1-6,17H,(H,18,19). The Labute approximate surface area is 118 Å². The minimum absolute atomic E-state index is 0.0513. The van der Waals surface area contributed by atoms with Crippen LogP contribution in [0.5, 0.6) is 0 Å². The summed E-state index contributed by atoms with van der Waals surface area (Å²) in [6.45, 7) is 0. The largest absolute Gasteiger partial charge is 0.478 e. The lowest BCUT2D eigenvalue weighted by Gasteiger charge is -2.11. The Bertz CT molecular complexity index is 647. The molecule has 2 N–H and O–H groups in total. The molecule has 0 heterocycles. The fourth-order valence-corrected chi connectivity index (χ4v) is 2.01. The highest BCUT2D eigenvalue weighted by Crippen LogP contribution is 2.28. The summed E-state index contributed by atoms with van der Waals surface area (Å²) >= 11 is 11.5. The van der Waals surface area contributed by atoms with Crippen molar-refractivity contribution in [3.05, 3.63) is 57.8 Å². The van der Waals surface area contributed by atoms with E-state index in [1.54, 1.807) is 12.1 Å². The molecule has 0 aromatic heterocycles. The molecule has 3 nitrogen and oxygen atoms in total. The minimum Gasteiger partial charge on any atom is -0.478 e. The maximum absolute atomic E-state index is 13.0. The van der Waals surface area contributed by atoms with Gasteiger partial charge in [-0.15, -0.1) is 0 Å². The van der Waals surface area contributed by atoms with Gasteiger partial charge in [0, 0.05) is 5.69 Å². The molecule has 98 valence electrons. The van der Waals surface area contributed by atoms with Crippen molar-refractivity contribution >= 4 is 40.5 Å². The van der Waals surface area contributed by atoms with Crippen molar-refractivity contribution in [2.75, 3.05) is 5.32 Å². The van der Waals surface area contributed by atoms with E-state index in [9.17, 15) is 9.18 Å². The molecule has 2 rings (SSSR count). The average molecular weight is 300 g/mol. The molecule has 0 aliphatic heterocycles. The molecule has 0 unspecified atom stereocenters. The fourth-order valence-electron chi connectivity index (χ4n) is 1.58. The molecule has 19 heavy (non-hydrogen) atoms. The van der Waals surface area contributed by atoms with Gasteiger partial charge in [-0.05, 0) is 30.3 Å². The van der Waals surface area contributed by atoms with Crippen molar-refractivity contribution in [3.8, 4) is 0 Å². The second kappa shape index (κ2) is 5.47. The first-order chi connectivity index (χ1) is 8.99. The molecule has 0 bridgehead atoms. The van der Waals surface area contributed by atoms with E-state index in [-0.39, 0.29) is 15.6 Å². The van der Waals surface area contributed by atoms with Crippen LogP contribution in [0.1, 0.15) is 10.4 Å². The number of rotatable bonds is 3. The quantitative estimate of drug-likeness (QED) is 0.872. The fraction of sp³-hybridized carbons (Fsp3) is 0. The molecule has 2 aromatic rings. The van der Waals surface area contributed by atoms with E-state index >= 15 is 0 Å². The van der Waals surface area contributed by atoms with Gasteiger partial charge >= 0.3 is 5.97 Å². The van der Waals surface area contributed by atoms with Crippen LogP contribution in [0.3, 0.4) is 0 Å². The van der Waals surface area contributed by atoms with Gasteiger partial charge in [-0.2, -0.15) is 0 Å². The second-order valence-corrected chi connectivity index (χ2v) is 4.54. The molecule has 0 fully saturated rings.